The number of fused-ring (bicyclic) bond motifs is 15. The highest BCUT2D eigenvalue weighted by Gasteiger charge is 2.31. The third-order valence-electron chi connectivity index (χ3n) is 8.21. The molecule has 4 amide bonds. The predicted molar refractivity (Wildman–Crippen MR) is 182 cm³/mol. The van der Waals surface area contributed by atoms with Crippen molar-refractivity contribution in [3.8, 4) is 17.1 Å². The van der Waals surface area contributed by atoms with Crippen molar-refractivity contribution >= 4 is 29.3 Å². The summed E-state index contributed by atoms with van der Waals surface area (Å²) < 4.78 is 8.68. The summed E-state index contributed by atoms with van der Waals surface area (Å²) in [6.45, 7) is 5.67. The summed E-state index contributed by atoms with van der Waals surface area (Å²) in [5.41, 5.74) is 2.12. The summed E-state index contributed by atoms with van der Waals surface area (Å²) in [5.74, 6) is -0.885. The van der Waals surface area contributed by atoms with Crippen LogP contribution in [0, 0.1) is 5.92 Å². The summed E-state index contributed by atoms with van der Waals surface area (Å²) in [6.07, 6.45) is 3.05. The summed E-state index contributed by atoms with van der Waals surface area (Å²) in [6, 6.07) is 17.1. The van der Waals surface area contributed by atoms with E-state index < -0.39 is 35.8 Å². The molecule has 0 spiro atoms. The summed E-state index contributed by atoms with van der Waals surface area (Å²) in [5, 5.41) is 20.3. The van der Waals surface area contributed by atoms with Gasteiger partial charge in [0.15, 0.2) is 11.5 Å². The molecule has 0 unspecified atom stereocenters. The van der Waals surface area contributed by atoms with Crippen LogP contribution in [0.5, 0.6) is 5.75 Å². The van der Waals surface area contributed by atoms with E-state index in [1.165, 1.54) is 21.6 Å². The maximum Gasteiger partial charge on any atom is 0.272 e. The predicted octanol–water partition coefficient (Wildman–Crippen LogP) is 1.86. The van der Waals surface area contributed by atoms with Crippen LogP contribution in [0.25, 0.3) is 17.0 Å². The zero-order chi connectivity index (χ0) is 35.2. The second-order valence-corrected chi connectivity index (χ2v) is 12.3. The quantitative estimate of drug-likeness (QED) is 0.220. The van der Waals surface area contributed by atoms with E-state index in [-0.39, 0.29) is 43.6 Å². The third kappa shape index (κ3) is 7.77. The third-order valence-corrected chi connectivity index (χ3v) is 8.21. The fraction of sp³-hybridized carbons (Fsp3) is 0.314. The minimum atomic E-state index is -1.06. The van der Waals surface area contributed by atoms with Crippen LogP contribution in [0.3, 0.4) is 0 Å². The monoisotopic (exact) mass is 678 g/mol. The van der Waals surface area contributed by atoms with E-state index in [0.29, 0.717) is 23.0 Å². The maximum absolute atomic E-state index is 14.0. The molecule has 50 heavy (non-hydrogen) atoms. The topological polar surface area (TPSA) is 187 Å². The van der Waals surface area contributed by atoms with Crippen molar-refractivity contribution in [2.24, 2.45) is 5.92 Å². The molecule has 0 fully saturated rings. The lowest BCUT2D eigenvalue weighted by atomic mass is 10.0. The standard InChI is InChI=1S/C35H38N10O5/c1-21(2)30-35(49)39-22(3)32-42-31(24-8-5-4-6-9-24)43-44(32)20-29(46)36-16-17-50-25-13-11-23(12-14-25)18-26(33(47)41-30)40-34(48)27-19-37-28-10-7-15-38-45(27)28/h4-15,19,21-22,26,30H,16-18,20H2,1-3H3,(H,36,46)(H,39,49)(H,40,48)(H,41,47)/t22-,26-,30+/m0/s1. The molecule has 5 aromatic rings. The zero-order valence-corrected chi connectivity index (χ0v) is 27.9. The number of benzene rings is 2. The molecular weight excluding hydrogens is 640 g/mol. The first-order valence-electron chi connectivity index (χ1n) is 16.3. The summed E-state index contributed by atoms with van der Waals surface area (Å²) >= 11 is 0. The highest BCUT2D eigenvalue weighted by molar-refractivity contribution is 5.98. The van der Waals surface area contributed by atoms with Gasteiger partial charge in [0, 0.05) is 18.2 Å². The van der Waals surface area contributed by atoms with Crippen LogP contribution in [0.2, 0.25) is 0 Å². The molecule has 0 radical (unpaired) electrons. The highest BCUT2D eigenvalue weighted by atomic mass is 16.5. The number of carbonyl (C=O) groups is 4. The molecule has 0 saturated carbocycles. The Bertz CT molecular complexity index is 1990. The summed E-state index contributed by atoms with van der Waals surface area (Å²) in [7, 11) is 0. The van der Waals surface area contributed by atoms with Crippen LogP contribution >= 0.6 is 0 Å². The number of hydrogen-bond acceptors (Lipinski definition) is 9. The number of nitrogens with zero attached hydrogens (tertiary/aromatic N) is 6. The van der Waals surface area contributed by atoms with Gasteiger partial charge in [-0.1, -0.05) is 56.3 Å². The number of rotatable bonds is 4. The number of carbonyl (C=O) groups excluding carboxylic acids is 4. The number of imidazole rings is 1. The molecule has 2 aliphatic heterocycles. The molecule has 5 heterocycles. The second kappa shape index (κ2) is 15.0. The zero-order valence-electron chi connectivity index (χ0n) is 27.9. The van der Waals surface area contributed by atoms with E-state index in [1.54, 1.807) is 43.3 Å². The van der Waals surface area contributed by atoms with Crippen LogP contribution in [-0.2, 0) is 27.3 Å². The molecule has 2 aromatic carbocycles. The van der Waals surface area contributed by atoms with E-state index in [0.717, 1.165) is 11.1 Å². The van der Waals surface area contributed by atoms with E-state index in [2.05, 4.69) is 36.4 Å². The molecule has 2 bridgehead atoms. The van der Waals surface area contributed by atoms with Gasteiger partial charge >= 0.3 is 0 Å². The van der Waals surface area contributed by atoms with Crippen LogP contribution in [0.1, 0.15) is 48.7 Å². The van der Waals surface area contributed by atoms with Crippen LogP contribution < -0.4 is 26.0 Å². The van der Waals surface area contributed by atoms with E-state index in [9.17, 15) is 19.2 Å². The number of ether oxygens (including phenoxy) is 1. The Balaban J connectivity index is 1.30. The van der Waals surface area contributed by atoms with Gasteiger partial charge in [-0.05, 0) is 42.7 Å². The van der Waals surface area contributed by atoms with Gasteiger partial charge in [-0.2, -0.15) is 10.2 Å². The number of nitrogens with one attached hydrogen (secondary N) is 4. The number of aromatic nitrogens is 6. The molecule has 258 valence electrons. The molecule has 3 aromatic heterocycles. The Hall–Kier alpha value is -6.12. The lowest BCUT2D eigenvalue weighted by molar-refractivity contribution is -0.131. The van der Waals surface area contributed by atoms with Crippen LogP contribution in [0.15, 0.2) is 79.1 Å². The van der Waals surface area contributed by atoms with Gasteiger partial charge in [-0.15, -0.1) is 0 Å². The van der Waals surface area contributed by atoms with Crippen LogP contribution in [-0.4, -0.2) is 78.2 Å². The minimum Gasteiger partial charge on any atom is -0.492 e. The van der Waals surface area contributed by atoms with Gasteiger partial charge in [0.1, 0.15) is 42.5 Å². The average Bonchev–Trinajstić information content (AvgIpc) is 3.74. The van der Waals surface area contributed by atoms with Gasteiger partial charge in [-0.25, -0.2) is 19.2 Å². The molecule has 3 atom stereocenters. The van der Waals surface area contributed by atoms with Gasteiger partial charge in [0.2, 0.25) is 17.7 Å². The smallest absolute Gasteiger partial charge is 0.272 e. The molecule has 0 saturated heterocycles. The first kappa shape index (κ1) is 33.8. The minimum absolute atomic E-state index is 0.117. The number of hydrogen-bond donors (Lipinski definition) is 4. The van der Waals surface area contributed by atoms with E-state index in [1.807, 2.05) is 44.2 Å². The Kier molecular flexibility index (Phi) is 10.1. The molecule has 15 heteroatoms. The van der Waals surface area contributed by atoms with Crippen molar-refractivity contribution in [2.75, 3.05) is 13.2 Å². The highest BCUT2D eigenvalue weighted by Crippen LogP contribution is 2.20. The molecule has 2 aliphatic rings. The molecule has 0 aliphatic carbocycles. The SMILES string of the molecule is CC(C)[C@H]1NC(=O)[C@@H](NC(=O)c2cnc3cccnn23)Cc2ccc(cc2)OCCNC(=O)Cn2nc(-c3ccccc3)nc2[C@H](C)NC1=O. The maximum atomic E-state index is 14.0. The normalized spacial score (nSPS) is 19.2. The van der Waals surface area contributed by atoms with Crippen molar-refractivity contribution in [3.05, 3.63) is 96.2 Å². The Labute approximate surface area is 287 Å². The van der Waals surface area contributed by atoms with E-state index >= 15 is 0 Å². The fourth-order valence-electron chi connectivity index (χ4n) is 5.59. The fourth-order valence-corrected chi connectivity index (χ4v) is 5.59. The van der Waals surface area contributed by atoms with Crippen molar-refractivity contribution < 1.29 is 23.9 Å². The Morgan fingerprint density at radius 1 is 0.980 bits per heavy atom. The molecule has 7 rings (SSSR count). The first-order chi connectivity index (χ1) is 24.2. The van der Waals surface area contributed by atoms with E-state index in [4.69, 9.17) is 9.72 Å². The largest absolute Gasteiger partial charge is 0.492 e. The van der Waals surface area contributed by atoms with Gasteiger partial charge in [0.25, 0.3) is 5.91 Å². The first-order valence-corrected chi connectivity index (χ1v) is 16.3. The Morgan fingerprint density at radius 3 is 2.52 bits per heavy atom. The van der Waals surface area contributed by atoms with Crippen molar-refractivity contribution in [1.82, 2.24) is 50.6 Å². The number of amides is 4. The lowest BCUT2D eigenvalue weighted by Gasteiger charge is -2.26. The summed E-state index contributed by atoms with van der Waals surface area (Å²) in [4.78, 5) is 63.2. The van der Waals surface area contributed by atoms with Crippen molar-refractivity contribution in [1.29, 1.82) is 0 Å². The van der Waals surface area contributed by atoms with Gasteiger partial charge in [0.05, 0.1) is 18.8 Å². The molecule has 4 N–H and O–H groups in total. The second-order valence-electron chi connectivity index (χ2n) is 12.3. The van der Waals surface area contributed by atoms with Gasteiger partial charge in [-0.3, -0.25) is 19.2 Å². The average molecular weight is 679 g/mol. The van der Waals surface area contributed by atoms with Crippen LogP contribution in [0.4, 0.5) is 0 Å². The lowest BCUT2D eigenvalue weighted by Crippen LogP contribution is -2.56. The van der Waals surface area contributed by atoms with Crippen molar-refractivity contribution in [3.63, 3.8) is 0 Å². The molecular formula is C35H38N10O5. The van der Waals surface area contributed by atoms with Crippen molar-refractivity contribution in [2.45, 2.75) is 51.9 Å². The van der Waals surface area contributed by atoms with Gasteiger partial charge < -0.3 is 26.0 Å². The Morgan fingerprint density at radius 2 is 1.76 bits per heavy atom. The molecule has 15 nitrogen and oxygen atoms in total.